The number of ether oxygens (including phenoxy) is 1. The molecule has 2 atom stereocenters. The zero-order valence-corrected chi connectivity index (χ0v) is 15.3. The van der Waals surface area contributed by atoms with Gasteiger partial charge in [0.2, 0.25) is 5.91 Å². The van der Waals surface area contributed by atoms with Gasteiger partial charge < -0.3 is 19.4 Å². The maximum atomic E-state index is 12.3. The Morgan fingerprint density at radius 2 is 2.04 bits per heavy atom. The summed E-state index contributed by atoms with van der Waals surface area (Å²) in [6.45, 7) is 4.04. The van der Waals surface area contributed by atoms with E-state index in [0.29, 0.717) is 18.0 Å². The van der Waals surface area contributed by atoms with Crippen molar-refractivity contribution in [3.63, 3.8) is 0 Å². The molecule has 7 nitrogen and oxygen atoms in total. The molecule has 3 rings (SSSR count). The van der Waals surface area contributed by atoms with Gasteiger partial charge in [0.25, 0.3) is 5.91 Å². The standard InChI is InChI=1S/C20H22N2O5/c1-13-5-7-16(8-6-13)21-19(24)14(2)27-20(25)15-10-18(23)22(11-15)12-17-4-3-9-26-17/h3-9,14-15H,10-12H2,1-2H3,(H,21,24)/t14-,15-/m0/s1. The molecule has 7 heteroatoms. The van der Waals surface area contributed by atoms with Crippen LogP contribution >= 0.6 is 0 Å². The van der Waals surface area contributed by atoms with E-state index in [-0.39, 0.29) is 18.9 Å². The molecular formula is C20H22N2O5. The molecule has 0 unspecified atom stereocenters. The van der Waals surface area contributed by atoms with Crippen molar-refractivity contribution >= 4 is 23.5 Å². The summed E-state index contributed by atoms with van der Waals surface area (Å²) < 4.78 is 10.5. The second-order valence-electron chi connectivity index (χ2n) is 6.69. The Labute approximate surface area is 157 Å². The van der Waals surface area contributed by atoms with Crippen LogP contribution in [0, 0.1) is 12.8 Å². The van der Waals surface area contributed by atoms with Crippen molar-refractivity contribution in [1.29, 1.82) is 0 Å². The highest BCUT2D eigenvalue weighted by atomic mass is 16.5. The number of nitrogens with zero attached hydrogens (tertiary/aromatic N) is 1. The van der Waals surface area contributed by atoms with Gasteiger partial charge in [-0.3, -0.25) is 14.4 Å². The third-order valence-corrected chi connectivity index (χ3v) is 4.46. The van der Waals surface area contributed by atoms with Crippen LogP contribution in [0.15, 0.2) is 47.1 Å². The summed E-state index contributed by atoms with van der Waals surface area (Å²) in [6.07, 6.45) is 0.662. The molecule has 0 aliphatic carbocycles. The molecule has 1 fully saturated rings. The Bertz CT molecular complexity index is 813. The van der Waals surface area contributed by atoms with Crippen LogP contribution in [0.1, 0.15) is 24.7 Å². The van der Waals surface area contributed by atoms with Gasteiger partial charge in [-0.2, -0.15) is 0 Å². The SMILES string of the molecule is Cc1ccc(NC(=O)[C@H](C)OC(=O)[C@H]2CC(=O)N(Cc3ccco3)C2)cc1. The predicted molar refractivity (Wildman–Crippen MR) is 97.6 cm³/mol. The van der Waals surface area contributed by atoms with Crippen molar-refractivity contribution in [1.82, 2.24) is 4.90 Å². The minimum absolute atomic E-state index is 0.0752. The van der Waals surface area contributed by atoms with Crippen LogP contribution < -0.4 is 5.32 Å². The molecule has 0 spiro atoms. The van der Waals surface area contributed by atoms with Crippen molar-refractivity contribution in [2.45, 2.75) is 32.9 Å². The molecule has 2 aromatic rings. The number of nitrogens with one attached hydrogen (secondary N) is 1. The van der Waals surface area contributed by atoms with E-state index in [1.54, 1.807) is 29.2 Å². The quantitative estimate of drug-likeness (QED) is 0.789. The highest BCUT2D eigenvalue weighted by molar-refractivity contribution is 5.95. The normalized spacial score (nSPS) is 17.6. The molecule has 1 aliphatic rings. The van der Waals surface area contributed by atoms with Crippen LogP contribution in [0.5, 0.6) is 0 Å². The number of hydrogen-bond acceptors (Lipinski definition) is 5. The predicted octanol–water partition coefficient (Wildman–Crippen LogP) is 2.51. The average Bonchev–Trinajstić information content (AvgIpc) is 3.27. The average molecular weight is 370 g/mol. The van der Waals surface area contributed by atoms with Crippen molar-refractivity contribution < 1.29 is 23.5 Å². The fourth-order valence-corrected chi connectivity index (χ4v) is 2.88. The number of hydrogen-bond donors (Lipinski definition) is 1. The molecule has 1 aromatic heterocycles. The lowest BCUT2D eigenvalue weighted by molar-refractivity contribution is -0.157. The molecule has 1 saturated heterocycles. The van der Waals surface area contributed by atoms with Gasteiger partial charge in [0.05, 0.1) is 18.7 Å². The fourth-order valence-electron chi connectivity index (χ4n) is 2.88. The molecular weight excluding hydrogens is 348 g/mol. The van der Waals surface area contributed by atoms with Gasteiger partial charge in [-0.1, -0.05) is 17.7 Å². The largest absolute Gasteiger partial charge is 0.467 e. The Hall–Kier alpha value is -3.09. The summed E-state index contributed by atoms with van der Waals surface area (Å²) in [4.78, 5) is 38.2. The molecule has 0 saturated carbocycles. The van der Waals surface area contributed by atoms with E-state index in [1.807, 2.05) is 19.1 Å². The highest BCUT2D eigenvalue weighted by Gasteiger charge is 2.36. The number of esters is 1. The zero-order chi connectivity index (χ0) is 19.4. The maximum Gasteiger partial charge on any atom is 0.312 e. The smallest absolute Gasteiger partial charge is 0.312 e. The molecule has 1 aliphatic heterocycles. The molecule has 0 radical (unpaired) electrons. The van der Waals surface area contributed by atoms with Gasteiger partial charge in [0.1, 0.15) is 5.76 Å². The van der Waals surface area contributed by atoms with Crippen LogP contribution in [0.2, 0.25) is 0 Å². The molecule has 2 amide bonds. The number of carbonyl (C=O) groups excluding carboxylic acids is 3. The lowest BCUT2D eigenvalue weighted by Crippen LogP contribution is -2.33. The lowest BCUT2D eigenvalue weighted by atomic mass is 10.1. The first-order valence-electron chi connectivity index (χ1n) is 8.80. The summed E-state index contributed by atoms with van der Waals surface area (Å²) in [7, 11) is 0. The Morgan fingerprint density at radius 1 is 1.30 bits per heavy atom. The van der Waals surface area contributed by atoms with E-state index in [2.05, 4.69) is 5.32 Å². The summed E-state index contributed by atoms with van der Waals surface area (Å²) in [5.74, 6) is -1.02. The molecule has 142 valence electrons. The number of aryl methyl sites for hydroxylation is 1. The van der Waals surface area contributed by atoms with E-state index < -0.39 is 23.9 Å². The first-order valence-corrected chi connectivity index (χ1v) is 8.80. The van der Waals surface area contributed by atoms with Crippen molar-refractivity contribution in [2.24, 2.45) is 5.92 Å². The molecule has 1 N–H and O–H groups in total. The Morgan fingerprint density at radius 3 is 2.70 bits per heavy atom. The first-order chi connectivity index (χ1) is 12.9. The molecule has 2 heterocycles. The Kier molecular flexibility index (Phi) is 5.59. The van der Waals surface area contributed by atoms with E-state index in [1.165, 1.54) is 13.2 Å². The lowest BCUT2D eigenvalue weighted by Gasteiger charge is -2.17. The summed E-state index contributed by atoms with van der Waals surface area (Å²) in [5, 5.41) is 2.71. The number of furan rings is 1. The van der Waals surface area contributed by atoms with Crippen molar-refractivity contribution in [3.8, 4) is 0 Å². The van der Waals surface area contributed by atoms with Crippen molar-refractivity contribution in [3.05, 3.63) is 54.0 Å². The van der Waals surface area contributed by atoms with E-state index in [4.69, 9.17) is 9.15 Å². The van der Waals surface area contributed by atoms with Crippen LogP contribution in [-0.4, -0.2) is 35.3 Å². The topological polar surface area (TPSA) is 88.8 Å². The van der Waals surface area contributed by atoms with Crippen LogP contribution in [0.3, 0.4) is 0 Å². The maximum absolute atomic E-state index is 12.3. The molecule has 27 heavy (non-hydrogen) atoms. The number of amides is 2. The highest BCUT2D eigenvalue weighted by Crippen LogP contribution is 2.22. The number of benzene rings is 1. The van der Waals surface area contributed by atoms with E-state index in [0.717, 1.165) is 5.56 Å². The summed E-state index contributed by atoms with van der Waals surface area (Å²) in [5.41, 5.74) is 1.71. The molecule has 1 aromatic carbocycles. The minimum Gasteiger partial charge on any atom is -0.467 e. The van der Waals surface area contributed by atoms with Gasteiger partial charge in [-0.05, 0) is 38.1 Å². The molecule has 0 bridgehead atoms. The summed E-state index contributed by atoms with van der Waals surface area (Å²) in [6, 6.07) is 10.8. The number of likely N-dealkylation sites (tertiary alicyclic amines) is 1. The van der Waals surface area contributed by atoms with Gasteiger partial charge in [-0.25, -0.2) is 0 Å². The van der Waals surface area contributed by atoms with Crippen molar-refractivity contribution in [2.75, 3.05) is 11.9 Å². The van der Waals surface area contributed by atoms with Crippen LogP contribution in [0.25, 0.3) is 0 Å². The first kappa shape index (κ1) is 18.7. The van der Waals surface area contributed by atoms with Gasteiger partial charge >= 0.3 is 5.97 Å². The number of anilines is 1. The van der Waals surface area contributed by atoms with Crippen LogP contribution in [-0.2, 0) is 25.7 Å². The van der Waals surface area contributed by atoms with Gasteiger partial charge in [-0.15, -0.1) is 0 Å². The number of carbonyl (C=O) groups is 3. The Balaban J connectivity index is 1.51. The minimum atomic E-state index is -0.951. The zero-order valence-electron chi connectivity index (χ0n) is 15.3. The monoisotopic (exact) mass is 370 g/mol. The van der Waals surface area contributed by atoms with Crippen LogP contribution in [0.4, 0.5) is 5.69 Å². The third-order valence-electron chi connectivity index (χ3n) is 4.46. The number of rotatable bonds is 6. The second-order valence-corrected chi connectivity index (χ2v) is 6.69. The van der Waals surface area contributed by atoms with E-state index in [9.17, 15) is 14.4 Å². The fraction of sp³-hybridized carbons (Fsp3) is 0.350. The van der Waals surface area contributed by atoms with Gasteiger partial charge in [0.15, 0.2) is 6.10 Å². The summed E-state index contributed by atoms with van der Waals surface area (Å²) >= 11 is 0. The van der Waals surface area contributed by atoms with E-state index >= 15 is 0 Å². The van der Waals surface area contributed by atoms with Gasteiger partial charge in [0, 0.05) is 18.7 Å². The second kappa shape index (κ2) is 8.07. The third kappa shape index (κ3) is 4.75.